The van der Waals surface area contributed by atoms with Gasteiger partial charge >= 0.3 is 5.97 Å². The lowest BCUT2D eigenvalue weighted by molar-refractivity contribution is -0.161. The van der Waals surface area contributed by atoms with E-state index in [1.165, 1.54) is 11.0 Å². The molecule has 2 aliphatic carbocycles. The topological polar surface area (TPSA) is 161 Å². The van der Waals surface area contributed by atoms with Gasteiger partial charge in [-0.3, -0.25) is 23.9 Å². The first-order valence-electron chi connectivity index (χ1n) is 19.4. The Hall–Kier alpha value is -4.82. The Balaban J connectivity index is 1.24. The summed E-state index contributed by atoms with van der Waals surface area (Å²) in [7, 11) is -3.90. The molecule has 0 spiro atoms. The van der Waals surface area contributed by atoms with E-state index in [1.807, 2.05) is 81.4 Å². The summed E-state index contributed by atoms with van der Waals surface area (Å²) in [6, 6.07) is 18.5. The van der Waals surface area contributed by atoms with Gasteiger partial charge in [0.05, 0.1) is 40.0 Å². The van der Waals surface area contributed by atoms with Gasteiger partial charge in [0.25, 0.3) is 5.91 Å². The molecule has 1 saturated heterocycles. The van der Waals surface area contributed by atoms with E-state index in [4.69, 9.17) is 14.5 Å². The first-order chi connectivity index (χ1) is 26.8. The number of hydrogen-bond donors (Lipinski definition) is 2. The number of esters is 1. The van der Waals surface area contributed by atoms with Crippen molar-refractivity contribution in [1.29, 1.82) is 0 Å². The molecule has 4 aromatic rings. The highest BCUT2D eigenvalue weighted by Gasteiger charge is 2.62. The van der Waals surface area contributed by atoms with E-state index >= 15 is 0 Å². The van der Waals surface area contributed by atoms with E-state index in [-0.39, 0.29) is 25.8 Å². The summed E-state index contributed by atoms with van der Waals surface area (Å²) >= 11 is 1.54. The van der Waals surface area contributed by atoms with Gasteiger partial charge in [-0.1, -0.05) is 75.4 Å². The SMILES string of the molecule is C=C[C@@H]1C[C@]1(NC(=O)[C@@H]1C[C@@H](Oc2cc(-c3ccccc3)nc3c2sc2ccccc23)CN1C(=O)[C@@H](CC(=O)OC(C)(C)C)C(C)(C)C)C(=O)NS(=O)(=O)C1CC1. The predicted octanol–water partition coefficient (Wildman–Crippen LogP) is 6.53. The van der Waals surface area contributed by atoms with Crippen molar-refractivity contribution in [2.24, 2.45) is 17.3 Å². The van der Waals surface area contributed by atoms with Gasteiger partial charge in [-0.05, 0) is 51.5 Å². The van der Waals surface area contributed by atoms with Crippen molar-refractivity contribution in [2.45, 2.75) is 102 Å². The summed E-state index contributed by atoms with van der Waals surface area (Å²) in [5.74, 6) is -3.27. The number of thiophene rings is 1. The minimum atomic E-state index is -3.90. The van der Waals surface area contributed by atoms with Crippen LogP contribution in [0.1, 0.15) is 73.6 Å². The number of rotatable bonds is 12. The molecular weight excluding hydrogens is 765 g/mol. The lowest BCUT2D eigenvalue weighted by atomic mass is 9.77. The number of hydrogen-bond acceptors (Lipinski definition) is 10. The van der Waals surface area contributed by atoms with Crippen LogP contribution in [0.5, 0.6) is 5.75 Å². The van der Waals surface area contributed by atoms with Gasteiger partial charge in [-0.2, -0.15) is 0 Å². The monoisotopic (exact) mass is 814 g/mol. The van der Waals surface area contributed by atoms with Crippen molar-refractivity contribution in [3.63, 3.8) is 0 Å². The number of nitrogens with zero attached hydrogens (tertiary/aromatic N) is 2. The van der Waals surface area contributed by atoms with Crippen molar-refractivity contribution in [2.75, 3.05) is 6.54 Å². The van der Waals surface area contributed by atoms with Crippen LogP contribution in [0, 0.1) is 17.3 Å². The second-order valence-electron chi connectivity index (χ2n) is 17.5. The smallest absolute Gasteiger partial charge is 0.307 e. The average Bonchev–Trinajstić information content (AvgIpc) is 4.04. The maximum absolute atomic E-state index is 14.8. The second kappa shape index (κ2) is 14.8. The lowest BCUT2D eigenvalue weighted by Crippen LogP contribution is -2.57. The molecule has 2 aromatic heterocycles. The molecule has 3 aliphatic rings. The fourth-order valence-electron chi connectivity index (χ4n) is 7.58. The van der Waals surface area contributed by atoms with Crippen molar-refractivity contribution < 1.29 is 37.1 Å². The number of carbonyl (C=O) groups is 4. The van der Waals surface area contributed by atoms with E-state index in [0.29, 0.717) is 24.3 Å². The maximum Gasteiger partial charge on any atom is 0.307 e. The van der Waals surface area contributed by atoms with Crippen LogP contribution in [0.2, 0.25) is 0 Å². The Labute approximate surface area is 337 Å². The highest BCUT2D eigenvalue weighted by molar-refractivity contribution is 7.91. The molecule has 2 saturated carbocycles. The molecule has 14 heteroatoms. The molecule has 0 radical (unpaired) electrons. The summed E-state index contributed by atoms with van der Waals surface area (Å²) in [5.41, 5.74) is -0.667. The van der Waals surface area contributed by atoms with Crippen LogP contribution < -0.4 is 14.8 Å². The number of nitrogens with one attached hydrogen (secondary N) is 2. The number of ether oxygens (including phenoxy) is 2. The molecule has 57 heavy (non-hydrogen) atoms. The van der Waals surface area contributed by atoms with E-state index in [0.717, 1.165) is 25.9 Å². The molecular formula is C43H50N4O8S2. The lowest BCUT2D eigenvalue weighted by Gasteiger charge is -2.35. The van der Waals surface area contributed by atoms with Crippen LogP contribution in [-0.2, 0) is 33.9 Å². The number of carbonyl (C=O) groups excluding carboxylic acids is 4. The quantitative estimate of drug-likeness (QED) is 0.120. The minimum Gasteiger partial charge on any atom is -0.487 e. The highest BCUT2D eigenvalue weighted by Crippen LogP contribution is 2.46. The Kier molecular flexibility index (Phi) is 10.5. The summed E-state index contributed by atoms with van der Waals surface area (Å²) in [5, 5.41) is 3.19. The van der Waals surface area contributed by atoms with Crippen LogP contribution in [0.25, 0.3) is 31.6 Å². The summed E-state index contributed by atoms with van der Waals surface area (Å²) < 4.78 is 42.1. The molecule has 5 atom stereocenters. The van der Waals surface area contributed by atoms with E-state index in [9.17, 15) is 27.6 Å². The van der Waals surface area contributed by atoms with Crippen LogP contribution in [-0.4, -0.2) is 77.1 Å². The van der Waals surface area contributed by atoms with Crippen LogP contribution in [0.15, 0.2) is 73.3 Å². The van der Waals surface area contributed by atoms with Gasteiger partial charge in [0.1, 0.15) is 29.0 Å². The van der Waals surface area contributed by atoms with Gasteiger partial charge in [0, 0.05) is 34.1 Å². The molecule has 2 N–H and O–H groups in total. The third-order valence-electron chi connectivity index (χ3n) is 10.9. The molecule has 3 fully saturated rings. The molecule has 302 valence electrons. The molecule has 3 amide bonds. The van der Waals surface area contributed by atoms with E-state index < -0.39 is 79.5 Å². The van der Waals surface area contributed by atoms with Crippen molar-refractivity contribution >= 4 is 65.4 Å². The standard InChI is InChI=1S/C43H50N4O8S2/c1-8-26-23-43(26,40(51)46-57(52,53)28-18-19-28)45-38(49)32-20-27(24-47(32)39(50)30(41(2,3)4)21-35(48)55-42(5,6)7)54-33-22-31(25-14-10-9-11-15-25)44-36-29-16-12-13-17-34(29)56-37(33)36/h8-17,22,26-28,30,32H,1,18-21,23-24H2,2-7H3,(H,45,49)(H,46,51)/t26-,27-,30-,32+,43-/m1/s1. The normalized spacial score (nSPS) is 22.8. The third kappa shape index (κ3) is 8.43. The Morgan fingerprint density at radius 1 is 1.04 bits per heavy atom. The van der Waals surface area contributed by atoms with Crippen LogP contribution >= 0.6 is 11.3 Å². The molecule has 0 unspecified atom stereocenters. The van der Waals surface area contributed by atoms with Gasteiger partial charge < -0.3 is 19.7 Å². The third-order valence-corrected chi connectivity index (χ3v) is 13.9. The van der Waals surface area contributed by atoms with E-state index in [2.05, 4.69) is 16.6 Å². The van der Waals surface area contributed by atoms with Gasteiger partial charge in [0.15, 0.2) is 0 Å². The minimum absolute atomic E-state index is 0.00728. The number of benzene rings is 2. The summed E-state index contributed by atoms with van der Waals surface area (Å²) in [6.07, 6.45) is 1.77. The average molecular weight is 815 g/mol. The molecule has 1 aliphatic heterocycles. The first-order valence-corrected chi connectivity index (χ1v) is 21.7. The highest BCUT2D eigenvalue weighted by atomic mass is 32.2. The van der Waals surface area contributed by atoms with Gasteiger partial charge in [-0.15, -0.1) is 17.9 Å². The van der Waals surface area contributed by atoms with Crippen LogP contribution in [0.4, 0.5) is 0 Å². The molecule has 2 aromatic carbocycles. The fraction of sp³-hybridized carbons (Fsp3) is 0.465. The number of amides is 3. The number of fused-ring (bicyclic) bond motifs is 3. The second-order valence-corrected chi connectivity index (χ2v) is 20.5. The summed E-state index contributed by atoms with van der Waals surface area (Å²) in [6.45, 7) is 14.7. The Morgan fingerprint density at radius 2 is 1.72 bits per heavy atom. The summed E-state index contributed by atoms with van der Waals surface area (Å²) in [4.78, 5) is 62.6. The Bertz CT molecular complexity index is 2360. The number of aromatic nitrogens is 1. The number of pyridine rings is 1. The maximum atomic E-state index is 14.8. The molecule has 12 nitrogen and oxygen atoms in total. The van der Waals surface area contributed by atoms with Crippen LogP contribution in [0.3, 0.4) is 0 Å². The van der Waals surface area contributed by atoms with E-state index in [1.54, 1.807) is 32.1 Å². The zero-order valence-electron chi connectivity index (χ0n) is 33.2. The van der Waals surface area contributed by atoms with Crippen molar-refractivity contribution in [3.8, 4) is 17.0 Å². The number of likely N-dealkylation sites (tertiary alicyclic amines) is 1. The first kappa shape index (κ1) is 40.4. The fourth-order valence-corrected chi connectivity index (χ4v) is 10.0. The zero-order chi connectivity index (χ0) is 41.1. The molecule has 0 bridgehead atoms. The zero-order valence-corrected chi connectivity index (χ0v) is 34.8. The molecule has 3 heterocycles. The molecule has 7 rings (SSSR count). The Morgan fingerprint density at radius 3 is 2.35 bits per heavy atom. The van der Waals surface area contributed by atoms with Crippen molar-refractivity contribution in [1.82, 2.24) is 19.9 Å². The van der Waals surface area contributed by atoms with Gasteiger partial charge in [-0.25, -0.2) is 13.4 Å². The number of sulfonamides is 1. The van der Waals surface area contributed by atoms with Crippen molar-refractivity contribution in [3.05, 3.63) is 73.3 Å². The predicted molar refractivity (Wildman–Crippen MR) is 220 cm³/mol. The largest absolute Gasteiger partial charge is 0.487 e. The van der Waals surface area contributed by atoms with Gasteiger partial charge in [0.2, 0.25) is 21.8 Å².